The number of ether oxygens (including phenoxy) is 11. The molecule has 282 valence electrons. The van der Waals surface area contributed by atoms with Crippen LogP contribution in [-0.2, 0) is 76.1 Å². The molecule has 52 heavy (non-hydrogen) atoms. The monoisotopic (exact) mass is 734 g/mol. The molecule has 11 atom stereocenters. The number of carbonyl (C=O) groups excluding carboxylic acids is 7. The summed E-state index contributed by atoms with van der Waals surface area (Å²) in [6, 6.07) is 5.70. The standard InChI is InChI=1S/C34H38O18/c1-15(35)43-13-24-27(46-18(4)38)28(47-19(5)39)29(48-20(6)40)33(49-24)51-32-25-23(11-12-42-32)26(30-34(25,52-30)14-44-16(2)36)50-31(41)21-7-9-22(10-8-21)45-17(3)37/h7-12,23-30,32-33H,13-14H2,1-6H3/t23-,24-,25-,26+,27-,28+,29-,30+,32+,33+,34-/m1/s1. The molecule has 0 N–H and O–H groups in total. The lowest BCUT2D eigenvalue weighted by Gasteiger charge is -2.46. The summed E-state index contributed by atoms with van der Waals surface area (Å²) in [6.45, 7) is 6.08. The molecular weight excluding hydrogens is 696 g/mol. The van der Waals surface area contributed by atoms with Crippen LogP contribution in [0.3, 0.4) is 0 Å². The molecule has 3 heterocycles. The van der Waals surface area contributed by atoms with Crippen LogP contribution in [0.2, 0.25) is 0 Å². The van der Waals surface area contributed by atoms with Crippen LogP contribution >= 0.6 is 0 Å². The van der Waals surface area contributed by atoms with Crippen LogP contribution in [0.4, 0.5) is 0 Å². The zero-order chi connectivity index (χ0) is 37.9. The van der Waals surface area contributed by atoms with Crippen molar-refractivity contribution in [3.05, 3.63) is 42.2 Å². The van der Waals surface area contributed by atoms with Gasteiger partial charge >= 0.3 is 41.8 Å². The van der Waals surface area contributed by atoms with Gasteiger partial charge in [-0.25, -0.2) is 4.79 Å². The van der Waals surface area contributed by atoms with Crippen molar-refractivity contribution in [2.75, 3.05) is 13.2 Å². The number of hydrogen-bond donors (Lipinski definition) is 0. The van der Waals surface area contributed by atoms with Crippen molar-refractivity contribution in [2.24, 2.45) is 11.8 Å². The van der Waals surface area contributed by atoms with Crippen molar-refractivity contribution in [1.29, 1.82) is 0 Å². The van der Waals surface area contributed by atoms with Gasteiger partial charge in [-0.15, -0.1) is 0 Å². The second kappa shape index (κ2) is 15.7. The van der Waals surface area contributed by atoms with E-state index in [4.69, 9.17) is 52.1 Å². The van der Waals surface area contributed by atoms with Crippen LogP contribution in [0, 0.1) is 11.8 Å². The van der Waals surface area contributed by atoms with E-state index in [1.54, 1.807) is 6.08 Å². The normalized spacial score (nSPS) is 32.4. The van der Waals surface area contributed by atoms with Gasteiger partial charge in [-0.05, 0) is 30.3 Å². The molecule has 4 aliphatic rings. The first-order valence-electron chi connectivity index (χ1n) is 16.2. The Bertz CT molecular complexity index is 1600. The van der Waals surface area contributed by atoms with Gasteiger partial charge in [0.05, 0.1) is 17.7 Å². The van der Waals surface area contributed by atoms with Crippen molar-refractivity contribution in [2.45, 2.75) is 96.3 Å². The van der Waals surface area contributed by atoms with E-state index in [2.05, 4.69) is 0 Å². The molecule has 1 aromatic rings. The van der Waals surface area contributed by atoms with E-state index >= 15 is 0 Å². The molecule has 0 bridgehead atoms. The van der Waals surface area contributed by atoms with Crippen molar-refractivity contribution < 1.29 is 85.7 Å². The highest BCUT2D eigenvalue weighted by Crippen LogP contribution is 2.61. The average Bonchev–Trinajstić information content (AvgIpc) is 3.72. The fraction of sp³-hybridized carbons (Fsp3) is 0.559. The summed E-state index contributed by atoms with van der Waals surface area (Å²) < 4.78 is 62.3. The summed E-state index contributed by atoms with van der Waals surface area (Å²) in [5.41, 5.74) is -1.14. The van der Waals surface area contributed by atoms with Gasteiger partial charge < -0.3 is 52.1 Å². The van der Waals surface area contributed by atoms with Crippen LogP contribution in [0.15, 0.2) is 36.6 Å². The topological polar surface area (TPSA) is 224 Å². The van der Waals surface area contributed by atoms with Crippen molar-refractivity contribution in [1.82, 2.24) is 0 Å². The van der Waals surface area contributed by atoms with Crippen LogP contribution < -0.4 is 4.74 Å². The van der Waals surface area contributed by atoms with Gasteiger partial charge in [0, 0.05) is 47.5 Å². The summed E-state index contributed by atoms with van der Waals surface area (Å²) in [6.07, 6.45) is -7.53. The van der Waals surface area contributed by atoms with Crippen LogP contribution in [0.1, 0.15) is 51.9 Å². The van der Waals surface area contributed by atoms with E-state index in [0.717, 1.165) is 27.7 Å². The fourth-order valence-electron chi connectivity index (χ4n) is 6.62. The largest absolute Gasteiger partial charge is 0.472 e. The van der Waals surface area contributed by atoms with E-state index in [9.17, 15) is 33.6 Å². The minimum atomic E-state index is -1.61. The summed E-state index contributed by atoms with van der Waals surface area (Å²) in [7, 11) is 0. The number of carbonyl (C=O) groups is 7. The van der Waals surface area contributed by atoms with Gasteiger partial charge in [0.2, 0.25) is 12.6 Å². The van der Waals surface area contributed by atoms with Crippen molar-refractivity contribution in [3.8, 4) is 5.75 Å². The Morgan fingerprint density at radius 3 is 1.88 bits per heavy atom. The van der Waals surface area contributed by atoms with Crippen LogP contribution in [0.5, 0.6) is 5.75 Å². The average molecular weight is 735 g/mol. The van der Waals surface area contributed by atoms with Crippen LogP contribution in [-0.4, -0.2) is 110 Å². The molecule has 2 saturated heterocycles. The lowest BCUT2D eigenvalue weighted by Crippen LogP contribution is -2.64. The molecular formula is C34H38O18. The Hall–Kier alpha value is -5.07. The predicted molar refractivity (Wildman–Crippen MR) is 165 cm³/mol. The van der Waals surface area contributed by atoms with Crippen molar-refractivity contribution in [3.63, 3.8) is 0 Å². The quantitative estimate of drug-likeness (QED) is 0.127. The maximum Gasteiger partial charge on any atom is 0.338 e. The Morgan fingerprint density at radius 2 is 1.29 bits per heavy atom. The summed E-state index contributed by atoms with van der Waals surface area (Å²) >= 11 is 0. The molecule has 18 heteroatoms. The first-order chi connectivity index (χ1) is 24.6. The summed E-state index contributed by atoms with van der Waals surface area (Å²) in [5.74, 6) is -6.33. The fourth-order valence-corrected chi connectivity index (χ4v) is 6.62. The molecule has 1 aliphatic carbocycles. The molecule has 0 radical (unpaired) electrons. The molecule has 18 nitrogen and oxygen atoms in total. The second-order valence-corrected chi connectivity index (χ2v) is 12.4. The molecule has 0 amide bonds. The maximum atomic E-state index is 13.3. The lowest BCUT2D eigenvalue weighted by molar-refractivity contribution is -0.346. The Labute approximate surface area is 296 Å². The first kappa shape index (κ1) is 38.2. The van der Waals surface area contributed by atoms with Crippen molar-refractivity contribution >= 4 is 41.8 Å². The predicted octanol–water partition coefficient (Wildman–Crippen LogP) is 1.05. The molecule has 0 spiro atoms. The minimum Gasteiger partial charge on any atom is -0.472 e. The van der Waals surface area contributed by atoms with E-state index in [1.165, 1.54) is 44.4 Å². The van der Waals surface area contributed by atoms with Gasteiger partial charge in [0.1, 0.15) is 42.9 Å². The highest BCUT2D eigenvalue weighted by atomic mass is 16.8. The second-order valence-electron chi connectivity index (χ2n) is 12.4. The first-order valence-corrected chi connectivity index (χ1v) is 16.2. The molecule has 3 aliphatic heterocycles. The minimum absolute atomic E-state index is 0.145. The smallest absolute Gasteiger partial charge is 0.338 e. The Morgan fingerprint density at radius 1 is 0.673 bits per heavy atom. The number of rotatable bonds is 12. The van der Waals surface area contributed by atoms with Gasteiger partial charge in [-0.1, -0.05) is 0 Å². The third-order valence-electron chi connectivity index (χ3n) is 8.55. The Balaban J connectivity index is 1.45. The number of hydrogen-bond acceptors (Lipinski definition) is 18. The molecule has 0 aromatic heterocycles. The third kappa shape index (κ3) is 8.51. The SMILES string of the molecule is CC(=O)OC[C@H]1O[C@@H](O[C@@H]2OC=C[C@H]3[C@H](OC(=O)c4ccc(OC(C)=O)cc4)[C@@H]4O[C@]4(COC(C)=O)[C@@H]23)[C@H](OC(C)=O)[C@@H](OC(C)=O)[C@@H]1OC(C)=O. The highest BCUT2D eigenvalue weighted by Gasteiger charge is 2.78. The van der Waals surface area contributed by atoms with Gasteiger partial charge in [-0.2, -0.15) is 0 Å². The lowest BCUT2D eigenvalue weighted by atomic mass is 9.85. The molecule has 1 aromatic carbocycles. The van der Waals surface area contributed by atoms with Gasteiger partial charge in [0.15, 0.2) is 18.3 Å². The number of esters is 7. The zero-order valence-electron chi connectivity index (χ0n) is 29.0. The zero-order valence-corrected chi connectivity index (χ0v) is 29.0. The third-order valence-corrected chi connectivity index (χ3v) is 8.55. The summed E-state index contributed by atoms with van der Waals surface area (Å²) in [4.78, 5) is 85.0. The molecule has 5 rings (SSSR count). The number of epoxide rings is 1. The van der Waals surface area contributed by atoms with Gasteiger partial charge in [0.25, 0.3) is 0 Å². The summed E-state index contributed by atoms with van der Waals surface area (Å²) in [5, 5.41) is 0. The molecule has 0 unspecified atom stereocenters. The molecule has 1 saturated carbocycles. The van der Waals surface area contributed by atoms with Gasteiger partial charge in [-0.3, -0.25) is 28.8 Å². The van der Waals surface area contributed by atoms with E-state index in [-0.39, 0.29) is 17.9 Å². The molecule has 3 fully saturated rings. The van der Waals surface area contributed by atoms with E-state index < -0.39 is 115 Å². The maximum absolute atomic E-state index is 13.3. The van der Waals surface area contributed by atoms with E-state index in [0.29, 0.717) is 0 Å². The van der Waals surface area contributed by atoms with Crippen LogP contribution in [0.25, 0.3) is 0 Å². The highest BCUT2D eigenvalue weighted by molar-refractivity contribution is 5.90. The Kier molecular flexibility index (Phi) is 11.5. The number of benzene rings is 1. The number of fused-ring (bicyclic) bond motifs is 3. The van der Waals surface area contributed by atoms with E-state index in [1.807, 2.05) is 0 Å².